The van der Waals surface area contributed by atoms with E-state index in [0.29, 0.717) is 11.8 Å². The molecule has 0 amide bonds. The van der Waals surface area contributed by atoms with E-state index in [0.717, 1.165) is 25.6 Å². The molecule has 0 aromatic carbocycles. The SMILES string of the molecule is COCC1CCN(CC(CN)C(C)C)C1. The van der Waals surface area contributed by atoms with Gasteiger partial charge in [0.05, 0.1) is 6.61 Å². The summed E-state index contributed by atoms with van der Waals surface area (Å²) < 4.78 is 5.20. The third-order valence-electron chi connectivity index (χ3n) is 3.51. The fraction of sp³-hybridized carbons (Fsp3) is 1.00. The van der Waals surface area contributed by atoms with E-state index in [4.69, 9.17) is 10.5 Å². The molecule has 15 heavy (non-hydrogen) atoms. The average molecular weight is 214 g/mol. The Labute approximate surface area is 94.0 Å². The standard InChI is InChI=1S/C12H26N2O/c1-10(2)12(6-13)8-14-5-4-11(7-14)9-15-3/h10-12H,4-9,13H2,1-3H3. The molecule has 1 aliphatic rings. The number of likely N-dealkylation sites (tertiary alicyclic amines) is 1. The highest BCUT2D eigenvalue weighted by Gasteiger charge is 2.24. The molecule has 0 saturated carbocycles. The monoisotopic (exact) mass is 214 g/mol. The molecule has 3 nitrogen and oxygen atoms in total. The Kier molecular flexibility index (Phi) is 5.58. The highest BCUT2D eigenvalue weighted by Crippen LogP contribution is 2.19. The zero-order valence-corrected chi connectivity index (χ0v) is 10.4. The largest absolute Gasteiger partial charge is 0.384 e. The summed E-state index contributed by atoms with van der Waals surface area (Å²) in [7, 11) is 1.79. The zero-order chi connectivity index (χ0) is 11.3. The molecule has 0 aromatic heterocycles. The van der Waals surface area contributed by atoms with Gasteiger partial charge in [0.25, 0.3) is 0 Å². The van der Waals surface area contributed by atoms with Crippen LogP contribution in [-0.2, 0) is 4.74 Å². The first kappa shape index (κ1) is 12.9. The molecule has 0 radical (unpaired) electrons. The number of nitrogens with zero attached hydrogens (tertiary/aromatic N) is 1. The van der Waals surface area contributed by atoms with Crippen LogP contribution in [0.5, 0.6) is 0 Å². The molecule has 2 atom stereocenters. The predicted octanol–water partition coefficient (Wildman–Crippen LogP) is 1.19. The first-order valence-corrected chi connectivity index (χ1v) is 6.08. The first-order valence-electron chi connectivity index (χ1n) is 6.08. The maximum Gasteiger partial charge on any atom is 0.0503 e. The van der Waals surface area contributed by atoms with E-state index in [9.17, 15) is 0 Å². The van der Waals surface area contributed by atoms with Gasteiger partial charge in [0.1, 0.15) is 0 Å². The molecule has 2 unspecified atom stereocenters. The highest BCUT2D eigenvalue weighted by molar-refractivity contribution is 4.78. The van der Waals surface area contributed by atoms with Gasteiger partial charge in [-0.15, -0.1) is 0 Å². The van der Waals surface area contributed by atoms with Crippen LogP contribution >= 0.6 is 0 Å². The van der Waals surface area contributed by atoms with Crippen LogP contribution < -0.4 is 5.73 Å². The van der Waals surface area contributed by atoms with Crippen molar-refractivity contribution in [2.75, 3.05) is 39.9 Å². The van der Waals surface area contributed by atoms with E-state index in [1.54, 1.807) is 7.11 Å². The third-order valence-corrected chi connectivity index (χ3v) is 3.51. The van der Waals surface area contributed by atoms with Gasteiger partial charge in [-0.05, 0) is 37.3 Å². The number of hydrogen-bond acceptors (Lipinski definition) is 3. The van der Waals surface area contributed by atoms with Crippen molar-refractivity contribution in [3.63, 3.8) is 0 Å². The second-order valence-electron chi connectivity index (χ2n) is 5.11. The van der Waals surface area contributed by atoms with Gasteiger partial charge >= 0.3 is 0 Å². The Hall–Kier alpha value is -0.120. The normalized spacial score (nSPS) is 25.0. The van der Waals surface area contributed by atoms with E-state index >= 15 is 0 Å². The van der Waals surface area contributed by atoms with Crippen molar-refractivity contribution in [3.8, 4) is 0 Å². The average Bonchev–Trinajstić information content (AvgIpc) is 2.62. The lowest BCUT2D eigenvalue weighted by atomic mass is 9.95. The summed E-state index contributed by atoms with van der Waals surface area (Å²) >= 11 is 0. The van der Waals surface area contributed by atoms with Crippen molar-refractivity contribution in [1.82, 2.24) is 4.90 Å². The molecule has 1 heterocycles. The van der Waals surface area contributed by atoms with Crippen LogP contribution in [0.1, 0.15) is 20.3 Å². The quantitative estimate of drug-likeness (QED) is 0.722. The summed E-state index contributed by atoms with van der Waals surface area (Å²) in [5, 5.41) is 0. The maximum atomic E-state index is 5.79. The Morgan fingerprint density at radius 3 is 2.73 bits per heavy atom. The molecule has 1 saturated heterocycles. The molecule has 0 aromatic rings. The van der Waals surface area contributed by atoms with Gasteiger partial charge in [-0.1, -0.05) is 13.8 Å². The van der Waals surface area contributed by atoms with Gasteiger partial charge in [-0.25, -0.2) is 0 Å². The lowest BCUT2D eigenvalue weighted by Crippen LogP contribution is -2.34. The van der Waals surface area contributed by atoms with Crippen LogP contribution in [0.4, 0.5) is 0 Å². The van der Waals surface area contributed by atoms with Gasteiger partial charge in [0.15, 0.2) is 0 Å². The molecule has 1 rings (SSSR count). The summed E-state index contributed by atoms with van der Waals surface area (Å²) in [5.74, 6) is 2.07. The van der Waals surface area contributed by atoms with Crippen LogP contribution in [0.2, 0.25) is 0 Å². The van der Waals surface area contributed by atoms with Crippen LogP contribution in [0.15, 0.2) is 0 Å². The number of hydrogen-bond donors (Lipinski definition) is 1. The van der Waals surface area contributed by atoms with E-state index < -0.39 is 0 Å². The molecular weight excluding hydrogens is 188 g/mol. The minimum absolute atomic E-state index is 0.645. The molecule has 0 spiro atoms. The predicted molar refractivity (Wildman–Crippen MR) is 63.8 cm³/mol. The van der Waals surface area contributed by atoms with Crippen molar-refractivity contribution in [1.29, 1.82) is 0 Å². The molecular formula is C12H26N2O. The van der Waals surface area contributed by atoms with E-state index in [-0.39, 0.29) is 0 Å². The maximum absolute atomic E-state index is 5.79. The Balaban J connectivity index is 2.28. The molecule has 1 fully saturated rings. The Morgan fingerprint density at radius 1 is 1.47 bits per heavy atom. The number of ether oxygens (including phenoxy) is 1. The van der Waals surface area contributed by atoms with Gasteiger partial charge < -0.3 is 15.4 Å². The van der Waals surface area contributed by atoms with E-state index in [1.807, 2.05) is 0 Å². The lowest BCUT2D eigenvalue weighted by Gasteiger charge is -2.25. The fourth-order valence-electron chi connectivity index (χ4n) is 2.34. The number of rotatable bonds is 6. The smallest absolute Gasteiger partial charge is 0.0503 e. The van der Waals surface area contributed by atoms with E-state index in [1.165, 1.54) is 19.5 Å². The molecule has 2 N–H and O–H groups in total. The lowest BCUT2D eigenvalue weighted by molar-refractivity contribution is 0.149. The van der Waals surface area contributed by atoms with E-state index in [2.05, 4.69) is 18.7 Å². The summed E-state index contributed by atoms with van der Waals surface area (Å²) in [5.41, 5.74) is 5.79. The van der Waals surface area contributed by atoms with Crippen LogP contribution in [0.3, 0.4) is 0 Å². The Bertz CT molecular complexity index is 173. The third kappa shape index (κ3) is 4.09. The first-order chi connectivity index (χ1) is 7.17. The topological polar surface area (TPSA) is 38.5 Å². The van der Waals surface area contributed by atoms with Crippen LogP contribution in [0, 0.1) is 17.8 Å². The van der Waals surface area contributed by atoms with Crippen molar-refractivity contribution in [2.24, 2.45) is 23.5 Å². The summed E-state index contributed by atoms with van der Waals surface area (Å²) in [6.45, 7) is 9.82. The van der Waals surface area contributed by atoms with Crippen molar-refractivity contribution < 1.29 is 4.74 Å². The van der Waals surface area contributed by atoms with Gasteiger partial charge in [-0.2, -0.15) is 0 Å². The van der Waals surface area contributed by atoms with Crippen molar-refractivity contribution in [2.45, 2.75) is 20.3 Å². The molecule has 3 heteroatoms. The molecule has 0 aliphatic carbocycles. The number of methoxy groups -OCH3 is 1. The van der Waals surface area contributed by atoms with Gasteiger partial charge in [0, 0.05) is 20.2 Å². The van der Waals surface area contributed by atoms with Gasteiger partial charge in [0.2, 0.25) is 0 Å². The molecule has 1 aliphatic heterocycles. The van der Waals surface area contributed by atoms with Crippen LogP contribution in [-0.4, -0.2) is 44.8 Å². The number of nitrogens with two attached hydrogens (primary N) is 1. The molecule has 0 bridgehead atoms. The summed E-state index contributed by atoms with van der Waals surface area (Å²) in [6.07, 6.45) is 1.28. The minimum atomic E-state index is 0.645. The second-order valence-corrected chi connectivity index (χ2v) is 5.11. The van der Waals surface area contributed by atoms with Gasteiger partial charge in [-0.3, -0.25) is 0 Å². The summed E-state index contributed by atoms with van der Waals surface area (Å²) in [6, 6.07) is 0. The molecule has 90 valence electrons. The van der Waals surface area contributed by atoms with Crippen LogP contribution in [0.25, 0.3) is 0 Å². The second kappa shape index (κ2) is 6.46. The summed E-state index contributed by atoms with van der Waals surface area (Å²) in [4.78, 5) is 2.54. The highest BCUT2D eigenvalue weighted by atomic mass is 16.5. The minimum Gasteiger partial charge on any atom is -0.384 e. The van der Waals surface area contributed by atoms with Crippen molar-refractivity contribution in [3.05, 3.63) is 0 Å². The fourth-order valence-corrected chi connectivity index (χ4v) is 2.34. The zero-order valence-electron chi connectivity index (χ0n) is 10.4. The Morgan fingerprint density at radius 2 is 2.20 bits per heavy atom. The van der Waals surface area contributed by atoms with Crippen molar-refractivity contribution >= 4 is 0 Å².